The zero-order chi connectivity index (χ0) is 47.4. The molecule has 67 heavy (non-hydrogen) atoms. The molecule has 3 aromatic rings. The summed E-state index contributed by atoms with van der Waals surface area (Å²) in [6.45, 7) is 9.79. The minimum absolute atomic E-state index is 0.0241. The average Bonchev–Trinajstić information content (AvgIpc) is 3.35. The van der Waals surface area contributed by atoms with Crippen LogP contribution in [-0.4, -0.2) is 61.8 Å². The Morgan fingerprint density at radius 1 is 0.597 bits per heavy atom. The van der Waals surface area contributed by atoms with E-state index in [9.17, 15) is 9.59 Å². The van der Waals surface area contributed by atoms with Crippen LogP contribution in [0.5, 0.6) is 0 Å². The summed E-state index contributed by atoms with van der Waals surface area (Å²) in [4.78, 5) is 27.8. The molecule has 0 spiro atoms. The van der Waals surface area contributed by atoms with Crippen LogP contribution in [0.4, 0.5) is 0 Å². The van der Waals surface area contributed by atoms with Crippen molar-refractivity contribution in [2.45, 2.75) is 218 Å². The number of rotatable bonds is 39. The molecule has 3 aromatic carbocycles. The summed E-state index contributed by atoms with van der Waals surface area (Å²) < 4.78 is 39.1. The summed E-state index contributed by atoms with van der Waals surface area (Å²) in [5, 5.41) is 3.26. The number of esters is 1. The Hall–Kier alpha value is -3.86. The maximum absolute atomic E-state index is 14.4. The monoisotopic (exact) mass is 926 g/mol. The summed E-state index contributed by atoms with van der Waals surface area (Å²) in [6, 6.07) is 29.1. The molecule has 0 bridgehead atoms. The van der Waals surface area contributed by atoms with Gasteiger partial charge in [0.25, 0.3) is 0 Å². The van der Waals surface area contributed by atoms with E-state index in [1.807, 2.05) is 91.0 Å². The van der Waals surface area contributed by atoms with Crippen molar-refractivity contribution >= 4 is 11.9 Å². The van der Waals surface area contributed by atoms with Crippen molar-refractivity contribution < 1.29 is 38.0 Å². The van der Waals surface area contributed by atoms with E-state index in [2.05, 4.69) is 25.7 Å². The lowest BCUT2D eigenvalue weighted by Gasteiger charge is -2.46. The molecular formula is C58H87NO8. The SMILES string of the molecule is C=CCO[C@@H]1[C@H](NC(=O)C[C@@H](CCCCCCCCCCC)OC(=O)CCCCCCCCCCCCC)[C@@H](OCc2ccccc2)O[C@H](COCc2ccccc2)[C@H]1OCc1ccccc1. The molecule has 1 aliphatic heterocycles. The highest BCUT2D eigenvalue weighted by Gasteiger charge is 2.49. The summed E-state index contributed by atoms with van der Waals surface area (Å²) >= 11 is 0. The van der Waals surface area contributed by atoms with E-state index < -0.39 is 36.7 Å². The molecule has 0 radical (unpaired) electrons. The zero-order valence-electron chi connectivity index (χ0n) is 41.5. The lowest BCUT2D eigenvalue weighted by Crippen LogP contribution is -2.66. The largest absolute Gasteiger partial charge is 0.462 e. The molecule has 0 saturated carbocycles. The van der Waals surface area contributed by atoms with Gasteiger partial charge in [0.05, 0.1) is 39.5 Å². The smallest absolute Gasteiger partial charge is 0.306 e. The Bertz CT molecular complexity index is 1680. The average molecular weight is 926 g/mol. The Morgan fingerprint density at radius 3 is 1.60 bits per heavy atom. The lowest BCUT2D eigenvalue weighted by molar-refractivity contribution is -0.290. The van der Waals surface area contributed by atoms with Gasteiger partial charge in [0.2, 0.25) is 5.91 Å². The van der Waals surface area contributed by atoms with E-state index in [-0.39, 0.29) is 38.1 Å². The number of benzene rings is 3. The second-order valence-electron chi connectivity index (χ2n) is 18.5. The quantitative estimate of drug-likeness (QED) is 0.0343. The van der Waals surface area contributed by atoms with Crippen LogP contribution in [0.2, 0.25) is 0 Å². The molecule has 1 aliphatic rings. The Balaban J connectivity index is 1.47. The molecule has 1 heterocycles. The maximum atomic E-state index is 14.4. The van der Waals surface area contributed by atoms with Crippen molar-refractivity contribution in [2.75, 3.05) is 13.2 Å². The van der Waals surface area contributed by atoms with E-state index in [1.165, 1.54) is 89.9 Å². The normalized spacial score (nSPS) is 18.6. The number of ether oxygens (including phenoxy) is 6. The van der Waals surface area contributed by atoms with Gasteiger partial charge in [-0.25, -0.2) is 0 Å². The van der Waals surface area contributed by atoms with Gasteiger partial charge in [0.1, 0.15) is 30.5 Å². The molecule has 4 rings (SSSR count). The second kappa shape index (κ2) is 36.2. The van der Waals surface area contributed by atoms with Crippen LogP contribution >= 0.6 is 0 Å². The number of amides is 1. The number of unbranched alkanes of at least 4 members (excludes halogenated alkanes) is 18. The lowest BCUT2D eigenvalue weighted by atomic mass is 9.95. The topological polar surface area (TPSA) is 102 Å². The molecule has 1 saturated heterocycles. The third-order valence-electron chi connectivity index (χ3n) is 12.6. The van der Waals surface area contributed by atoms with E-state index in [0.717, 1.165) is 55.2 Å². The number of hydrogen-bond acceptors (Lipinski definition) is 8. The first-order chi connectivity index (χ1) is 33.0. The van der Waals surface area contributed by atoms with Crippen LogP contribution in [-0.2, 0) is 57.8 Å². The van der Waals surface area contributed by atoms with Gasteiger partial charge in [-0.05, 0) is 36.0 Å². The van der Waals surface area contributed by atoms with Gasteiger partial charge in [-0.15, -0.1) is 6.58 Å². The predicted molar refractivity (Wildman–Crippen MR) is 270 cm³/mol. The second-order valence-corrected chi connectivity index (χ2v) is 18.5. The summed E-state index contributed by atoms with van der Waals surface area (Å²) in [7, 11) is 0. The molecular weight excluding hydrogens is 839 g/mol. The summed E-state index contributed by atoms with van der Waals surface area (Å²) in [6.07, 6.45) is 23.3. The number of nitrogens with one attached hydrogen (secondary N) is 1. The van der Waals surface area contributed by atoms with Crippen LogP contribution < -0.4 is 5.32 Å². The Labute approximate surface area is 405 Å². The molecule has 0 aliphatic carbocycles. The van der Waals surface area contributed by atoms with Gasteiger partial charge >= 0.3 is 5.97 Å². The van der Waals surface area contributed by atoms with Crippen molar-refractivity contribution in [1.82, 2.24) is 5.32 Å². The van der Waals surface area contributed by atoms with Crippen LogP contribution in [0, 0.1) is 0 Å². The number of carbonyl (C=O) groups excluding carboxylic acids is 2. The molecule has 1 fully saturated rings. The van der Waals surface area contributed by atoms with Gasteiger partial charge in [0, 0.05) is 6.42 Å². The first-order valence-electron chi connectivity index (χ1n) is 26.3. The molecule has 9 nitrogen and oxygen atoms in total. The number of hydrogen-bond donors (Lipinski definition) is 1. The number of carbonyl (C=O) groups is 2. The molecule has 372 valence electrons. The van der Waals surface area contributed by atoms with E-state index in [1.54, 1.807) is 6.08 Å². The standard InChI is InChI=1S/C58H87NO8/c1-4-7-9-11-13-15-16-18-20-22-33-41-54(61)66-51(40-32-21-19-17-14-12-10-8-5-2)43-53(60)59-55-57(63-42-6-3)56(64-45-49-36-28-24-29-37-49)52(47-62-44-48-34-26-23-27-35-48)67-58(55)65-46-50-38-30-25-31-39-50/h6,23-31,34-39,51-52,55-58H,3-5,7-22,32-33,40-47H2,1-2H3,(H,59,60)/t51-,52-,55+,56-,57-,58+/m1/s1. The minimum Gasteiger partial charge on any atom is -0.462 e. The first kappa shape index (κ1) is 55.7. The van der Waals surface area contributed by atoms with Crippen LogP contribution in [0.3, 0.4) is 0 Å². The van der Waals surface area contributed by atoms with Crippen LogP contribution in [0.1, 0.15) is 178 Å². The highest BCUT2D eigenvalue weighted by Crippen LogP contribution is 2.30. The van der Waals surface area contributed by atoms with Crippen molar-refractivity contribution in [2.24, 2.45) is 0 Å². The fourth-order valence-corrected chi connectivity index (χ4v) is 8.81. The molecule has 9 heteroatoms. The van der Waals surface area contributed by atoms with Crippen molar-refractivity contribution in [3.05, 3.63) is 120 Å². The third-order valence-corrected chi connectivity index (χ3v) is 12.6. The van der Waals surface area contributed by atoms with Gasteiger partial charge in [-0.1, -0.05) is 226 Å². The van der Waals surface area contributed by atoms with E-state index >= 15 is 0 Å². The van der Waals surface area contributed by atoms with Gasteiger partial charge < -0.3 is 33.7 Å². The maximum Gasteiger partial charge on any atom is 0.306 e. The molecule has 1 amide bonds. The van der Waals surface area contributed by atoms with Gasteiger partial charge in [0.15, 0.2) is 6.29 Å². The fourth-order valence-electron chi connectivity index (χ4n) is 8.81. The van der Waals surface area contributed by atoms with Gasteiger partial charge in [-0.2, -0.15) is 0 Å². The fraction of sp³-hybridized carbons (Fsp3) is 0.621. The summed E-state index contributed by atoms with van der Waals surface area (Å²) in [5.74, 6) is -0.493. The first-order valence-corrected chi connectivity index (χ1v) is 26.3. The molecule has 6 atom stereocenters. The zero-order valence-corrected chi connectivity index (χ0v) is 41.5. The predicted octanol–water partition coefficient (Wildman–Crippen LogP) is 13.7. The van der Waals surface area contributed by atoms with Crippen LogP contribution in [0.25, 0.3) is 0 Å². The Kier molecular flexibility index (Phi) is 30.1. The molecule has 0 aromatic heterocycles. The molecule has 0 unspecified atom stereocenters. The van der Waals surface area contributed by atoms with Crippen molar-refractivity contribution in [3.63, 3.8) is 0 Å². The van der Waals surface area contributed by atoms with Gasteiger partial charge in [-0.3, -0.25) is 9.59 Å². The highest BCUT2D eigenvalue weighted by atomic mass is 16.7. The van der Waals surface area contributed by atoms with E-state index in [0.29, 0.717) is 26.1 Å². The van der Waals surface area contributed by atoms with Crippen molar-refractivity contribution in [3.8, 4) is 0 Å². The molecule has 1 N–H and O–H groups in total. The van der Waals surface area contributed by atoms with E-state index in [4.69, 9.17) is 28.4 Å². The van der Waals surface area contributed by atoms with Crippen LogP contribution in [0.15, 0.2) is 104 Å². The summed E-state index contributed by atoms with van der Waals surface area (Å²) in [5.41, 5.74) is 2.99. The minimum atomic E-state index is -0.916. The Morgan fingerprint density at radius 2 is 1.07 bits per heavy atom. The highest BCUT2D eigenvalue weighted by molar-refractivity contribution is 5.77. The third kappa shape index (κ3) is 24.3. The van der Waals surface area contributed by atoms with Crippen molar-refractivity contribution in [1.29, 1.82) is 0 Å².